The number of aromatic nitrogens is 3. The number of nitrogens with zero attached hydrogens (tertiary/aromatic N) is 3. The number of ether oxygens (including phenoxy) is 2. The molecule has 8 heteroatoms. The van der Waals surface area contributed by atoms with Crippen LogP contribution in [0.5, 0.6) is 0 Å². The van der Waals surface area contributed by atoms with Crippen molar-refractivity contribution in [1.82, 2.24) is 15.2 Å². The molecule has 2 heterocycles. The van der Waals surface area contributed by atoms with Gasteiger partial charge in [-0.3, -0.25) is 5.10 Å². The number of aryl methyl sites for hydroxylation is 1. The summed E-state index contributed by atoms with van der Waals surface area (Å²) in [4.78, 5) is 30.8. The molecule has 1 aliphatic heterocycles. The van der Waals surface area contributed by atoms with E-state index in [9.17, 15) is 9.59 Å². The van der Waals surface area contributed by atoms with E-state index in [0.717, 1.165) is 17.8 Å². The van der Waals surface area contributed by atoms with E-state index in [-0.39, 0.29) is 11.3 Å². The lowest BCUT2D eigenvalue weighted by atomic mass is 10.1. The number of methoxy groups -OCH3 is 2. The molecule has 28 heavy (non-hydrogen) atoms. The van der Waals surface area contributed by atoms with E-state index in [1.165, 1.54) is 20.3 Å². The molecule has 144 valence electrons. The van der Waals surface area contributed by atoms with E-state index in [2.05, 4.69) is 15.2 Å². The van der Waals surface area contributed by atoms with E-state index in [1.807, 2.05) is 31.2 Å². The first kappa shape index (κ1) is 19.1. The number of anilines is 1. The smallest absolute Gasteiger partial charge is 0.355 e. The molecule has 0 atom stereocenters. The second-order valence-corrected chi connectivity index (χ2v) is 5.83. The quantitative estimate of drug-likeness (QED) is 0.796. The number of esters is 2. The van der Waals surface area contributed by atoms with Crippen LogP contribution in [0.15, 0.2) is 60.0 Å². The molecule has 1 N–H and O–H groups in total. The van der Waals surface area contributed by atoms with Crippen molar-refractivity contribution in [2.24, 2.45) is 0 Å². The van der Waals surface area contributed by atoms with Gasteiger partial charge >= 0.3 is 11.9 Å². The number of nitrogens with one attached hydrogen (secondary N) is 1. The molecule has 8 nitrogen and oxygen atoms in total. The Balaban J connectivity index is 2.11. The number of carbonyl (C=O) groups excluding carboxylic acids is 2. The standard InChI is InChI=1S/C20H20N4O4/c1-4-16-21-18(23-22-16)13-8-7-9-14(12-13)24-11-6-5-10-15(19(25)27-2)17(24)20(26)28-3/h5-12H,4H2,1-3H3,(H,21,22,23). The molecule has 0 spiro atoms. The van der Waals surface area contributed by atoms with Gasteiger partial charge in [-0.15, -0.1) is 0 Å². The summed E-state index contributed by atoms with van der Waals surface area (Å²) in [7, 11) is 2.52. The number of hydrogen-bond donors (Lipinski definition) is 1. The molecule has 2 aromatic rings. The van der Waals surface area contributed by atoms with Crippen LogP contribution in [0.25, 0.3) is 11.4 Å². The summed E-state index contributed by atoms with van der Waals surface area (Å²) in [6.45, 7) is 1.98. The number of rotatable bonds is 5. The van der Waals surface area contributed by atoms with Gasteiger partial charge in [-0.2, -0.15) is 5.10 Å². The molecule has 0 fully saturated rings. The van der Waals surface area contributed by atoms with E-state index in [0.29, 0.717) is 11.5 Å². The van der Waals surface area contributed by atoms with Gasteiger partial charge in [0, 0.05) is 23.9 Å². The predicted octanol–water partition coefficient (Wildman–Crippen LogP) is 2.52. The fourth-order valence-electron chi connectivity index (χ4n) is 2.74. The van der Waals surface area contributed by atoms with Gasteiger partial charge in [0.2, 0.25) is 0 Å². The Morgan fingerprint density at radius 2 is 1.93 bits per heavy atom. The summed E-state index contributed by atoms with van der Waals surface area (Å²) in [5.74, 6) is 0.0334. The molecule has 3 rings (SSSR count). The van der Waals surface area contributed by atoms with Crippen LogP contribution in [-0.4, -0.2) is 41.3 Å². The molecule has 0 amide bonds. The minimum Gasteiger partial charge on any atom is -0.465 e. The van der Waals surface area contributed by atoms with Crippen LogP contribution in [0.1, 0.15) is 12.7 Å². The SMILES string of the molecule is CCc1nc(-c2cccc(N3C=CC=CC(C(=O)OC)=C3C(=O)OC)c2)n[nH]1. The highest BCUT2D eigenvalue weighted by atomic mass is 16.5. The maximum Gasteiger partial charge on any atom is 0.355 e. The highest BCUT2D eigenvalue weighted by Gasteiger charge is 2.27. The van der Waals surface area contributed by atoms with E-state index >= 15 is 0 Å². The van der Waals surface area contributed by atoms with Gasteiger partial charge in [0.15, 0.2) is 5.82 Å². The van der Waals surface area contributed by atoms with Crippen molar-refractivity contribution in [2.75, 3.05) is 19.1 Å². The Kier molecular flexibility index (Phi) is 5.69. The zero-order valence-corrected chi connectivity index (χ0v) is 15.8. The molecule has 0 unspecified atom stereocenters. The summed E-state index contributed by atoms with van der Waals surface area (Å²) in [5.41, 5.74) is 1.56. The van der Waals surface area contributed by atoms with Crippen molar-refractivity contribution in [3.63, 3.8) is 0 Å². The van der Waals surface area contributed by atoms with Gasteiger partial charge in [0.1, 0.15) is 11.5 Å². The minimum absolute atomic E-state index is 0.0562. The maximum atomic E-state index is 12.5. The van der Waals surface area contributed by atoms with Gasteiger partial charge in [-0.25, -0.2) is 14.6 Å². The largest absolute Gasteiger partial charge is 0.465 e. The Morgan fingerprint density at radius 1 is 1.14 bits per heavy atom. The summed E-state index contributed by atoms with van der Waals surface area (Å²) < 4.78 is 9.74. The number of H-pyrrole nitrogens is 1. The predicted molar refractivity (Wildman–Crippen MR) is 103 cm³/mol. The summed E-state index contributed by atoms with van der Waals surface area (Å²) in [6, 6.07) is 7.33. The number of carbonyl (C=O) groups is 2. The molecule has 1 aliphatic rings. The molecule has 1 aromatic heterocycles. The lowest BCUT2D eigenvalue weighted by Crippen LogP contribution is -2.26. The zero-order chi connectivity index (χ0) is 20.1. The molecule has 1 aromatic carbocycles. The second-order valence-electron chi connectivity index (χ2n) is 5.83. The average Bonchev–Trinajstić information content (AvgIpc) is 3.11. The van der Waals surface area contributed by atoms with Crippen molar-refractivity contribution in [1.29, 1.82) is 0 Å². The summed E-state index contributed by atoms with van der Waals surface area (Å²) in [6.07, 6.45) is 7.30. The zero-order valence-electron chi connectivity index (χ0n) is 15.8. The van der Waals surface area contributed by atoms with Crippen molar-refractivity contribution in [2.45, 2.75) is 13.3 Å². The molecular weight excluding hydrogens is 360 g/mol. The van der Waals surface area contributed by atoms with Crippen molar-refractivity contribution < 1.29 is 19.1 Å². The van der Waals surface area contributed by atoms with Crippen LogP contribution >= 0.6 is 0 Å². The van der Waals surface area contributed by atoms with Crippen LogP contribution in [0.3, 0.4) is 0 Å². The van der Waals surface area contributed by atoms with Crippen molar-refractivity contribution in [3.05, 3.63) is 65.8 Å². The van der Waals surface area contributed by atoms with Crippen molar-refractivity contribution in [3.8, 4) is 11.4 Å². The molecule has 0 saturated carbocycles. The lowest BCUT2D eigenvalue weighted by molar-refractivity contribution is -0.139. The third-order valence-corrected chi connectivity index (χ3v) is 4.14. The van der Waals surface area contributed by atoms with E-state index < -0.39 is 11.9 Å². The molecular formula is C20H20N4O4. The Hall–Kier alpha value is -3.68. The number of aromatic amines is 1. The van der Waals surface area contributed by atoms with Crippen LogP contribution in [0.4, 0.5) is 5.69 Å². The van der Waals surface area contributed by atoms with E-state index in [1.54, 1.807) is 23.3 Å². The van der Waals surface area contributed by atoms with Gasteiger partial charge in [0.25, 0.3) is 0 Å². The molecule has 0 saturated heterocycles. The fourth-order valence-corrected chi connectivity index (χ4v) is 2.74. The van der Waals surface area contributed by atoms with Crippen LogP contribution < -0.4 is 4.90 Å². The number of benzene rings is 1. The number of allylic oxidation sites excluding steroid dienone is 2. The van der Waals surface area contributed by atoms with Gasteiger partial charge in [-0.1, -0.05) is 25.1 Å². The third kappa shape index (κ3) is 3.71. The van der Waals surface area contributed by atoms with E-state index in [4.69, 9.17) is 9.47 Å². The van der Waals surface area contributed by atoms with Crippen LogP contribution in [-0.2, 0) is 25.5 Å². The minimum atomic E-state index is -0.659. The molecule has 0 bridgehead atoms. The first-order valence-electron chi connectivity index (χ1n) is 8.65. The maximum absolute atomic E-state index is 12.5. The highest BCUT2D eigenvalue weighted by molar-refractivity contribution is 6.05. The average molecular weight is 380 g/mol. The molecule has 0 radical (unpaired) electrons. The Morgan fingerprint density at radius 3 is 2.61 bits per heavy atom. The monoisotopic (exact) mass is 380 g/mol. The summed E-state index contributed by atoms with van der Waals surface area (Å²) in [5, 5.41) is 7.11. The van der Waals surface area contributed by atoms with Crippen LogP contribution in [0.2, 0.25) is 0 Å². The van der Waals surface area contributed by atoms with Crippen LogP contribution in [0, 0.1) is 0 Å². The molecule has 0 aliphatic carbocycles. The topological polar surface area (TPSA) is 97.4 Å². The number of hydrogen-bond acceptors (Lipinski definition) is 7. The second kappa shape index (κ2) is 8.34. The van der Waals surface area contributed by atoms with Gasteiger partial charge in [-0.05, 0) is 24.3 Å². The van der Waals surface area contributed by atoms with Gasteiger partial charge in [0.05, 0.1) is 19.8 Å². The van der Waals surface area contributed by atoms with Gasteiger partial charge < -0.3 is 14.4 Å². The highest BCUT2D eigenvalue weighted by Crippen LogP contribution is 2.29. The third-order valence-electron chi connectivity index (χ3n) is 4.14. The lowest BCUT2D eigenvalue weighted by Gasteiger charge is -2.23. The fraction of sp³-hybridized carbons (Fsp3) is 0.200. The Bertz CT molecular complexity index is 988. The first-order chi connectivity index (χ1) is 13.6. The normalized spacial score (nSPS) is 13.5. The first-order valence-corrected chi connectivity index (χ1v) is 8.65. The Labute approximate surface area is 162 Å². The summed E-state index contributed by atoms with van der Waals surface area (Å²) >= 11 is 0. The van der Waals surface area contributed by atoms with Crippen molar-refractivity contribution >= 4 is 17.6 Å².